The summed E-state index contributed by atoms with van der Waals surface area (Å²) in [7, 11) is 0. The van der Waals surface area contributed by atoms with E-state index >= 15 is 0 Å². The van der Waals surface area contributed by atoms with E-state index in [4.69, 9.17) is 14.4 Å². The van der Waals surface area contributed by atoms with Gasteiger partial charge in [-0.15, -0.1) is 0 Å². The number of benzene rings is 8. The lowest BCUT2D eigenvalue weighted by Crippen LogP contribution is -1.95. The van der Waals surface area contributed by atoms with Gasteiger partial charge in [0, 0.05) is 32.7 Å². The summed E-state index contributed by atoms with van der Waals surface area (Å²) in [5.74, 6) is 0.705. The minimum Gasteiger partial charge on any atom is -0.455 e. The monoisotopic (exact) mass is 650 g/mol. The maximum absolute atomic E-state index is 6.47. The molecule has 3 nitrogen and oxygen atoms in total. The van der Waals surface area contributed by atoms with Gasteiger partial charge in [0.15, 0.2) is 5.82 Å². The first-order valence-electron chi connectivity index (χ1n) is 17.2. The zero-order valence-corrected chi connectivity index (χ0v) is 27.6. The molecule has 0 aliphatic heterocycles. The number of hydrogen-bond acceptors (Lipinski definition) is 3. The Labute approximate surface area is 295 Å². The predicted octanol–water partition coefficient (Wildman–Crippen LogP) is 13.0. The fourth-order valence-electron chi connectivity index (χ4n) is 7.35. The highest BCUT2D eigenvalue weighted by Crippen LogP contribution is 2.40. The lowest BCUT2D eigenvalue weighted by Gasteiger charge is -2.12. The van der Waals surface area contributed by atoms with E-state index in [9.17, 15) is 0 Å². The van der Waals surface area contributed by atoms with Crippen LogP contribution in [0, 0.1) is 0 Å². The van der Waals surface area contributed by atoms with Crippen LogP contribution in [0.5, 0.6) is 0 Å². The molecular weight excluding hydrogens is 621 g/mol. The first-order valence-corrected chi connectivity index (χ1v) is 17.2. The number of hydrogen-bond donors (Lipinski definition) is 0. The summed E-state index contributed by atoms with van der Waals surface area (Å²) >= 11 is 0. The van der Waals surface area contributed by atoms with E-state index in [0.717, 1.165) is 82.7 Å². The van der Waals surface area contributed by atoms with Crippen LogP contribution in [-0.2, 0) is 0 Å². The molecule has 0 amide bonds. The molecule has 0 bridgehead atoms. The smallest absolute Gasteiger partial charge is 0.160 e. The number of aromatic nitrogens is 2. The molecule has 0 atom stereocenters. The highest BCUT2D eigenvalue weighted by atomic mass is 16.3. The van der Waals surface area contributed by atoms with Crippen LogP contribution >= 0.6 is 0 Å². The van der Waals surface area contributed by atoms with Crippen LogP contribution in [0.25, 0.3) is 99.6 Å². The number of para-hydroxylation sites is 2. The third kappa shape index (κ3) is 5.06. The van der Waals surface area contributed by atoms with Gasteiger partial charge in [-0.05, 0) is 63.0 Å². The Bertz CT molecular complexity index is 2890. The minimum atomic E-state index is 0.705. The zero-order chi connectivity index (χ0) is 33.7. The quantitative estimate of drug-likeness (QED) is 0.186. The Morgan fingerprint density at radius 3 is 1.84 bits per heavy atom. The van der Waals surface area contributed by atoms with E-state index in [1.54, 1.807) is 0 Å². The van der Waals surface area contributed by atoms with E-state index in [1.807, 2.05) is 24.3 Å². The van der Waals surface area contributed by atoms with Crippen molar-refractivity contribution in [2.75, 3.05) is 0 Å². The van der Waals surface area contributed by atoms with Crippen molar-refractivity contribution in [1.82, 2.24) is 9.97 Å². The molecule has 10 rings (SSSR count). The standard InChI is InChI=1S/C48H30N2O/c1-2-10-31(11-3-1)32-20-22-33(23-21-32)37-13-8-14-38(30-37)48-49-43-18-6-4-16-42(43)46(50-48)36-26-24-34(25-27-36)39-17-9-12-35-28-29-41-40-15-5-7-19-44(40)51-47(41)45(35)39/h1-30H. The maximum Gasteiger partial charge on any atom is 0.160 e. The largest absolute Gasteiger partial charge is 0.455 e. The molecule has 2 aromatic heterocycles. The van der Waals surface area contributed by atoms with Crippen molar-refractivity contribution >= 4 is 43.6 Å². The predicted molar refractivity (Wildman–Crippen MR) is 212 cm³/mol. The number of nitrogens with zero attached hydrogens (tertiary/aromatic N) is 2. The third-order valence-electron chi connectivity index (χ3n) is 9.91. The van der Waals surface area contributed by atoms with E-state index < -0.39 is 0 Å². The molecule has 0 radical (unpaired) electrons. The molecule has 0 aliphatic rings. The fraction of sp³-hybridized carbons (Fsp3) is 0. The average Bonchev–Trinajstić information content (AvgIpc) is 3.60. The molecule has 0 N–H and O–H groups in total. The summed E-state index contributed by atoms with van der Waals surface area (Å²) in [6.07, 6.45) is 0. The summed E-state index contributed by atoms with van der Waals surface area (Å²) in [6, 6.07) is 63.8. The molecule has 0 spiro atoms. The molecule has 3 heteroatoms. The summed E-state index contributed by atoms with van der Waals surface area (Å²) in [5.41, 5.74) is 12.7. The van der Waals surface area contributed by atoms with Gasteiger partial charge in [-0.2, -0.15) is 0 Å². The summed E-state index contributed by atoms with van der Waals surface area (Å²) in [4.78, 5) is 10.3. The number of fused-ring (bicyclic) bond motifs is 6. The lowest BCUT2D eigenvalue weighted by atomic mass is 9.95. The van der Waals surface area contributed by atoms with Gasteiger partial charge in [0.25, 0.3) is 0 Å². The molecule has 10 aromatic rings. The number of furan rings is 1. The molecule has 51 heavy (non-hydrogen) atoms. The van der Waals surface area contributed by atoms with Crippen LogP contribution in [-0.4, -0.2) is 9.97 Å². The van der Waals surface area contributed by atoms with Crippen LogP contribution in [0.3, 0.4) is 0 Å². The van der Waals surface area contributed by atoms with Crippen LogP contribution in [0.15, 0.2) is 186 Å². The van der Waals surface area contributed by atoms with Gasteiger partial charge in [-0.3, -0.25) is 0 Å². The molecule has 0 fully saturated rings. The van der Waals surface area contributed by atoms with Crippen LogP contribution in [0.2, 0.25) is 0 Å². The van der Waals surface area contributed by atoms with Crippen molar-refractivity contribution in [1.29, 1.82) is 0 Å². The summed E-state index contributed by atoms with van der Waals surface area (Å²) < 4.78 is 6.47. The molecule has 8 aromatic carbocycles. The summed E-state index contributed by atoms with van der Waals surface area (Å²) in [6.45, 7) is 0. The fourth-order valence-corrected chi connectivity index (χ4v) is 7.35. The second kappa shape index (κ2) is 11.9. The minimum absolute atomic E-state index is 0.705. The molecular formula is C48H30N2O. The van der Waals surface area contributed by atoms with Gasteiger partial charge < -0.3 is 4.42 Å². The second-order valence-corrected chi connectivity index (χ2v) is 13.0. The topological polar surface area (TPSA) is 38.9 Å². The Kier molecular flexibility index (Phi) is 6.81. The molecule has 0 unspecified atom stereocenters. The van der Waals surface area contributed by atoms with Crippen molar-refractivity contribution in [3.05, 3.63) is 182 Å². The summed E-state index contributed by atoms with van der Waals surface area (Å²) in [5, 5.41) is 5.58. The van der Waals surface area contributed by atoms with Crippen molar-refractivity contribution in [2.45, 2.75) is 0 Å². The molecule has 238 valence electrons. The third-order valence-corrected chi connectivity index (χ3v) is 9.91. The highest BCUT2D eigenvalue weighted by molar-refractivity contribution is 6.19. The van der Waals surface area contributed by atoms with Crippen LogP contribution in [0.1, 0.15) is 0 Å². The Morgan fingerprint density at radius 1 is 0.373 bits per heavy atom. The highest BCUT2D eigenvalue weighted by Gasteiger charge is 2.16. The van der Waals surface area contributed by atoms with Gasteiger partial charge >= 0.3 is 0 Å². The normalized spacial score (nSPS) is 11.5. The molecule has 0 saturated carbocycles. The van der Waals surface area contributed by atoms with E-state index in [0.29, 0.717) is 5.82 Å². The van der Waals surface area contributed by atoms with Crippen LogP contribution < -0.4 is 0 Å². The molecule has 2 heterocycles. The first kappa shape index (κ1) is 29.1. The number of rotatable bonds is 5. The zero-order valence-electron chi connectivity index (χ0n) is 27.6. The average molecular weight is 651 g/mol. The SMILES string of the molecule is c1ccc(-c2ccc(-c3cccc(-c4nc(-c5ccc(-c6cccc7ccc8c9ccccc9oc8c67)cc5)c5ccccc5n4)c3)cc2)cc1. The Morgan fingerprint density at radius 2 is 1.00 bits per heavy atom. The Balaban J connectivity index is 1.04. The van der Waals surface area contributed by atoms with Gasteiger partial charge in [-0.1, -0.05) is 158 Å². The first-order chi connectivity index (χ1) is 25.3. The van der Waals surface area contributed by atoms with Crippen molar-refractivity contribution in [2.24, 2.45) is 0 Å². The van der Waals surface area contributed by atoms with Crippen molar-refractivity contribution in [3.8, 4) is 56.0 Å². The van der Waals surface area contributed by atoms with Gasteiger partial charge in [0.1, 0.15) is 11.2 Å². The van der Waals surface area contributed by atoms with Gasteiger partial charge in [-0.25, -0.2) is 9.97 Å². The molecule has 0 saturated heterocycles. The van der Waals surface area contributed by atoms with Gasteiger partial charge in [0.05, 0.1) is 11.2 Å². The Hall–Kier alpha value is -6.84. The van der Waals surface area contributed by atoms with E-state index in [1.165, 1.54) is 11.1 Å². The van der Waals surface area contributed by atoms with Gasteiger partial charge in [0.2, 0.25) is 0 Å². The van der Waals surface area contributed by atoms with Crippen molar-refractivity contribution < 1.29 is 4.42 Å². The second-order valence-electron chi connectivity index (χ2n) is 13.0. The molecule has 0 aliphatic carbocycles. The maximum atomic E-state index is 6.47. The van der Waals surface area contributed by atoms with E-state index in [2.05, 4.69) is 158 Å². The van der Waals surface area contributed by atoms with E-state index in [-0.39, 0.29) is 0 Å². The van der Waals surface area contributed by atoms with Crippen LogP contribution in [0.4, 0.5) is 0 Å². The van der Waals surface area contributed by atoms with Crippen molar-refractivity contribution in [3.63, 3.8) is 0 Å². The lowest BCUT2D eigenvalue weighted by molar-refractivity contribution is 0.673.